The number of hydrogen-bond acceptors (Lipinski definition) is 4. The highest BCUT2D eigenvalue weighted by molar-refractivity contribution is 5.95. The van der Waals surface area contributed by atoms with Crippen LogP contribution in [0.25, 0.3) is 0 Å². The molecule has 1 N–H and O–H groups in total. The number of carbonyl (C=O) groups excluding carboxylic acids is 1. The number of nitrogens with zero attached hydrogens (tertiary/aromatic N) is 2. The van der Waals surface area contributed by atoms with E-state index in [1.165, 1.54) is 19.3 Å². The SMILES string of the molecule is O=C(c1ccnc(OC2CCCCC2)c1)N1CC(O)C1. The number of hydrogen-bond donors (Lipinski definition) is 1. The second-order valence-electron chi connectivity index (χ2n) is 5.62. The third kappa shape index (κ3) is 2.93. The molecule has 1 saturated carbocycles. The zero-order valence-corrected chi connectivity index (χ0v) is 11.5. The summed E-state index contributed by atoms with van der Waals surface area (Å²) in [6.45, 7) is 0.833. The van der Waals surface area contributed by atoms with Crippen LogP contribution in [0.3, 0.4) is 0 Å². The number of ether oxygens (including phenoxy) is 1. The first-order valence-corrected chi connectivity index (χ1v) is 7.32. The number of aliphatic hydroxyl groups excluding tert-OH is 1. The van der Waals surface area contributed by atoms with Crippen molar-refractivity contribution in [1.82, 2.24) is 9.88 Å². The third-order valence-electron chi connectivity index (χ3n) is 3.97. The summed E-state index contributed by atoms with van der Waals surface area (Å²) in [5.74, 6) is 0.468. The Morgan fingerprint density at radius 1 is 1.30 bits per heavy atom. The lowest BCUT2D eigenvalue weighted by Gasteiger charge is -2.35. The molecule has 2 heterocycles. The minimum Gasteiger partial charge on any atom is -0.474 e. The standard InChI is InChI=1S/C15H20N2O3/c18-12-9-17(10-12)15(19)11-6-7-16-14(8-11)20-13-4-2-1-3-5-13/h6-8,12-13,18H,1-5,9-10H2. The van der Waals surface area contributed by atoms with Gasteiger partial charge in [0.05, 0.1) is 6.10 Å². The molecular formula is C15H20N2O3. The lowest BCUT2D eigenvalue weighted by atomic mass is 9.98. The first kappa shape index (κ1) is 13.4. The Balaban J connectivity index is 1.64. The van der Waals surface area contributed by atoms with E-state index in [4.69, 9.17) is 4.74 Å². The highest BCUT2D eigenvalue weighted by Crippen LogP contribution is 2.23. The maximum absolute atomic E-state index is 12.1. The number of likely N-dealkylation sites (tertiary alicyclic amines) is 1. The molecule has 1 aliphatic carbocycles. The summed E-state index contributed by atoms with van der Waals surface area (Å²) in [5.41, 5.74) is 0.581. The van der Waals surface area contributed by atoms with Gasteiger partial charge in [0.25, 0.3) is 5.91 Å². The Morgan fingerprint density at radius 2 is 2.05 bits per heavy atom. The Labute approximate surface area is 118 Å². The van der Waals surface area contributed by atoms with E-state index >= 15 is 0 Å². The van der Waals surface area contributed by atoms with E-state index in [-0.39, 0.29) is 18.1 Å². The lowest BCUT2D eigenvalue weighted by molar-refractivity contribution is 0.00584. The molecule has 0 unspecified atom stereocenters. The topological polar surface area (TPSA) is 62.7 Å². The van der Waals surface area contributed by atoms with Crippen LogP contribution in [-0.2, 0) is 0 Å². The van der Waals surface area contributed by atoms with E-state index in [0.717, 1.165) is 12.8 Å². The maximum atomic E-state index is 12.1. The third-order valence-corrected chi connectivity index (χ3v) is 3.97. The molecule has 1 amide bonds. The summed E-state index contributed by atoms with van der Waals surface area (Å²) in [6.07, 6.45) is 7.29. The van der Waals surface area contributed by atoms with Crippen LogP contribution in [0.1, 0.15) is 42.5 Å². The van der Waals surface area contributed by atoms with Crippen LogP contribution in [0.5, 0.6) is 5.88 Å². The summed E-state index contributed by atoms with van der Waals surface area (Å²) >= 11 is 0. The molecule has 0 aromatic carbocycles. The molecule has 0 spiro atoms. The highest BCUT2D eigenvalue weighted by atomic mass is 16.5. The molecule has 0 bridgehead atoms. The van der Waals surface area contributed by atoms with Gasteiger partial charge in [0, 0.05) is 30.9 Å². The minimum atomic E-state index is -0.376. The molecule has 3 rings (SSSR count). The van der Waals surface area contributed by atoms with Crippen LogP contribution in [0.4, 0.5) is 0 Å². The van der Waals surface area contributed by atoms with Crippen molar-refractivity contribution in [1.29, 1.82) is 0 Å². The van der Waals surface area contributed by atoms with Gasteiger partial charge in [-0.05, 0) is 31.7 Å². The van der Waals surface area contributed by atoms with E-state index in [9.17, 15) is 9.90 Å². The largest absolute Gasteiger partial charge is 0.474 e. The molecule has 1 aromatic rings. The smallest absolute Gasteiger partial charge is 0.254 e. The van der Waals surface area contributed by atoms with Crippen molar-refractivity contribution in [2.45, 2.75) is 44.3 Å². The predicted molar refractivity (Wildman–Crippen MR) is 73.6 cm³/mol. The van der Waals surface area contributed by atoms with Gasteiger partial charge in [-0.1, -0.05) is 6.42 Å². The van der Waals surface area contributed by atoms with Crippen molar-refractivity contribution in [3.63, 3.8) is 0 Å². The second kappa shape index (κ2) is 5.79. The molecule has 2 fully saturated rings. The van der Waals surface area contributed by atoms with Gasteiger partial charge < -0.3 is 14.7 Å². The number of β-amino-alcohol motifs (C(OH)–C–C–N with tert-alkyl or cyclic N) is 1. The molecule has 108 valence electrons. The van der Waals surface area contributed by atoms with E-state index in [1.807, 2.05) is 0 Å². The van der Waals surface area contributed by atoms with Gasteiger partial charge in [-0.15, -0.1) is 0 Å². The lowest BCUT2D eigenvalue weighted by Crippen LogP contribution is -2.53. The van der Waals surface area contributed by atoms with Gasteiger partial charge in [0.1, 0.15) is 6.10 Å². The van der Waals surface area contributed by atoms with Crippen LogP contribution < -0.4 is 4.74 Å². The van der Waals surface area contributed by atoms with Crippen LogP contribution in [-0.4, -0.2) is 46.2 Å². The van der Waals surface area contributed by atoms with Gasteiger partial charge in [0.15, 0.2) is 0 Å². The molecule has 2 aliphatic rings. The van der Waals surface area contributed by atoms with E-state index < -0.39 is 0 Å². The summed E-state index contributed by atoms with van der Waals surface area (Å²) in [5, 5.41) is 9.25. The molecule has 5 nitrogen and oxygen atoms in total. The van der Waals surface area contributed by atoms with E-state index in [2.05, 4.69) is 4.98 Å². The van der Waals surface area contributed by atoms with Crippen molar-refractivity contribution in [3.05, 3.63) is 23.9 Å². The first-order chi connectivity index (χ1) is 9.72. The number of amides is 1. The second-order valence-corrected chi connectivity index (χ2v) is 5.62. The van der Waals surface area contributed by atoms with Gasteiger partial charge in [-0.25, -0.2) is 4.98 Å². The molecule has 1 saturated heterocycles. The van der Waals surface area contributed by atoms with Crippen molar-refractivity contribution >= 4 is 5.91 Å². The Hall–Kier alpha value is -1.62. The van der Waals surface area contributed by atoms with Gasteiger partial charge in [-0.3, -0.25) is 4.79 Å². The molecule has 20 heavy (non-hydrogen) atoms. The zero-order chi connectivity index (χ0) is 13.9. The average molecular weight is 276 g/mol. The van der Waals surface area contributed by atoms with Crippen molar-refractivity contribution in [3.8, 4) is 5.88 Å². The Morgan fingerprint density at radius 3 is 2.75 bits per heavy atom. The first-order valence-electron chi connectivity index (χ1n) is 7.32. The van der Waals surface area contributed by atoms with Crippen molar-refractivity contribution in [2.75, 3.05) is 13.1 Å². The van der Waals surface area contributed by atoms with Gasteiger partial charge in [0.2, 0.25) is 5.88 Å². The Kier molecular flexibility index (Phi) is 3.87. The number of carbonyl (C=O) groups is 1. The summed E-state index contributed by atoms with van der Waals surface area (Å²) in [7, 11) is 0. The fourth-order valence-electron chi connectivity index (χ4n) is 2.76. The summed E-state index contributed by atoms with van der Waals surface area (Å²) in [6, 6.07) is 3.41. The zero-order valence-electron chi connectivity index (χ0n) is 11.5. The van der Waals surface area contributed by atoms with E-state index in [0.29, 0.717) is 24.5 Å². The fraction of sp³-hybridized carbons (Fsp3) is 0.600. The predicted octanol–water partition coefficient (Wildman–Crippen LogP) is 1.61. The minimum absolute atomic E-state index is 0.0637. The molecular weight excluding hydrogens is 256 g/mol. The summed E-state index contributed by atoms with van der Waals surface area (Å²) in [4.78, 5) is 18.0. The van der Waals surface area contributed by atoms with Crippen LogP contribution in [0.2, 0.25) is 0 Å². The number of rotatable bonds is 3. The normalized spacial score (nSPS) is 20.6. The van der Waals surface area contributed by atoms with Crippen LogP contribution >= 0.6 is 0 Å². The average Bonchev–Trinajstić information content (AvgIpc) is 2.45. The molecule has 1 aliphatic heterocycles. The van der Waals surface area contributed by atoms with E-state index in [1.54, 1.807) is 23.2 Å². The number of pyridine rings is 1. The number of aromatic nitrogens is 1. The quantitative estimate of drug-likeness (QED) is 0.911. The highest BCUT2D eigenvalue weighted by Gasteiger charge is 2.29. The van der Waals surface area contributed by atoms with Gasteiger partial charge >= 0.3 is 0 Å². The van der Waals surface area contributed by atoms with Crippen molar-refractivity contribution < 1.29 is 14.6 Å². The fourth-order valence-corrected chi connectivity index (χ4v) is 2.76. The molecule has 1 aromatic heterocycles. The maximum Gasteiger partial charge on any atom is 0.254 e. The van der Waals surface area contributed by atoms with Crippen molar-refractivity contribution in [2.24, 2.45) is 0 Å². The molecule has 0 atom stereocenters. The summed E-state index contributed by atoms with van der Waals surface area (Å²) < 4.78 is 5.87. The Bertz CT molecular complexity index is 480. The van der Waals surface area contributed by atoms with Gasteiger partial charge in [-0.2, -0.15) is 0 Å². The monoisotopic (exact) mass is 276 g/mol. The molecule has 5 heteroatoms. The number of aliphatic hydroxyl groups is 1. The van der Waals surface area contributed by atoms with Crippen LogP contribution in [0.15, 0.2) is 18.3 Å². The molecule has 0 radical (unpaired) electrons. The van der Waals surface area contributed by atoms with Crippen LogP contribution in [0, 0.1) is 0 Å².